The Labute approximate surface area is 164 Å². The molecule has 2 amide bonds. The number of carbonyl (C=O) groups is 2. The fraction of sp³-hybridized carbons (Fsp3) is 0.579. The van der Waals surface area contributed by atoms with Gasteiger partial charge in [-0.25, -0.2) is 4.79 Å². The van der Waals surface area contributed by atoms with Crippen LogP contribution in [-0.2, 0) is 4.74 Å². The van der Waals surface area contributed by atoms with E-state index in [1.54, 1.807) is 34.9 Å². The second-order valence-electron chi connectivity index (χ2n) is 8.12. The first kappa shape index (κ1) is 21.5. The van der Waals surface area contributed by atoms with Crippen molar-refractivity contribution < 1.29 is 24.0 Å². The second kappa shape index (κ2) is 8.04. The third-order valence-corrected chi connectivity index (χ3v) is 4.38. The van der Waals surface area contributed by atoms with E-state index in [1.165, 1.54) is 28.0 Å². The van der Waals surface area contributed by atoms with E-state index in [-0.39, 0.29) is 35.4 Å². The van der Waals surface area contributed by atoms with Crippen LogP contribution in [0.2, 0.25) is 0 Å². The van der Waals surface area contributed by atoms with Gasteiger partial charge in [-0.15, -0.1) is 0 Å². The van der Waals surface area contributed by atoms with Gasteiger partial charge in [0.25, 0.3) is 11.6 Å². The average molecular weight is 393 g/mol. The SMILES string of the molecule is C[C@H]1CN(C)C(=O)c2cc([N+](=O)[O-])ccc2O[C@H]1CN(C)C(=O)OC(C)(C)C. The predicted octanol–water partition coefficient (Wildman–Crippen LogP) is 2.93. The number of nitrogens with zero attached hydrogens (tertiary/aromatic N) is 3. The van der Waals surface area contributed by atoms with E-state index in [0.29, 0.717) is 6.54 Å². The summed E-state index contributed by atoms with van der Waals surface area (Å²) in [5, 5.41) is 11.1. The van der Waals surface area contributed by atoms with Crippen molar-refractivity contribution in [3.63, 3.8) is 0 Å². The molecule has 1 aromatic carbocycles. The Balaban J connectivity index is 2.29. The van der Waals surface area contributed by atoms with Gasteiger partial charge < -0.3 is 19.3 Å². The van der Waals surface area contributed by atoms with E-state index in [0.717, 1.165) is 0 Å². The van der Waals surface area contributed by atoms with Crippen molar-refractivity contribution in [2.45, 2.75) is 39.4 Å². The fourth-order valence-electron chi connectivity index (χ4n) is 2.92. The molecule has 1 aliphatic heterocycles. The molecular weight excluding hydrogens is 366 g/mol. The number of nitro benzene ring substituents is 1. The smallest absolute Gasteiger partial charge is 0.410 e. The number of likely N-dealkylation sites (N-methyl/N-ethyl adjacent to an activating group) is 1. The van der Waals surface area contributed by atoms with Crippen molar-refractivity contribution in [3.05, 3.63) is 33.9 Å². The minimum Gasteiger partial charge on any atom is -0.487 e. The summed E-state index contributed by atoms with van der Waals surface area (Å²) in [4.78, 5) is 38.4. The molecule has 0 fully saturated rings. The van der Waals surface area contributed by atoms with Gasteiger partial charge in [0, 0.05) is 38.7 Å². The molecule has 2 rings (SSSR count). The number of carbonyl (C=O) groups excluding carboxylic acids is 2. The minimum absolute atomic E-state index is 0.0813. The van der Waals surface area contributed by atoms with Crippen molar-refractivity contribution in [2.24, 2.45) is 5.92 Å². The number of ether oxygens (including phenoxy) is 2. The average Bonchev–Trinajstić information content (AvgIpc) is 2.58. The van der Waals surface area contributed by atoms with Gasteiger partial charge in [-0.3, -0.25) is 14.9 Å². The Hall–Kier alpha value is -2.84. The van der Waals surface area contributed by atoms with Crippen molar-refractivity contribution in [1.82, 2.24) is 9.80 Å². The maximum Gasteiger partial charge on any atom is 0.410 e. The Kier molecular flexibility index (Phi) is 6.16. The highest BCUT2D eigenvalue weighted by Gasteiger charge is 2.32. The highest BCUT2D eigenvalue weighted by Crippen LogP contribution is 2.30. The molecule has 154 valence electrons. The van der Waals surface area contributed by atoms with Crippen LogP contribution in [0.25, 0.3) is 0 Å². The summed E-state index contributed by atoms with van der Waals surface area (Å²) in [6.07, 6.45) is -0.896. The van der Waals surface area contributed by atoms with Crippen LogP contribution in [0.15, 0.2) is 18.2 Å². The Morgan fingerprint density at radius 3 is 2.64 bits per heavy atom. The van der Waals surface area contributed by atoms with Crippen molar-refractivity contribution >= 4 is 17.7 Å². The lowest BCUT2D eigenvalue weighted by Crippen LogP contribution is -2.47. The molecule has 0 aromatic heterocycles. The van der Waals surface area contributed by atoms with Crippen LogP contribution in [0, 0.1) is 16.0 Å². The third kappa shape index (κ3) is 5.11. The molecule has 0 saturated carbocycles. The molecule has 0 spiro atoms. The number of non-ortho nitro benzene ring substituents is 1. The van der Waals surface area contributed by atoms with Gasteiger partial charge in [0.05, 0.1) is 17.0 Å². The zero-order valence-electron chi connectivity index (χ0n) is 17.1. The molecule has 0 radical (unpaired) electrons. The molecule has 2 atom stereocenters. The van der Waals surface area contributed by atoms with Crippen LogP contribution in [0.5, 0.6) is 5.75 Å². The standard InChI is InChI=1S/C19H27N3O6/c1-12-10-20(5)17(23)14-9-13(22(25)26)7-8-15(14)27-16(12)11-21(6)18(24)28-19(2,3)4/h7-9,12,16H,10-11H2,1-6H3/t12-,16-/m0/s1. The normalized spacial score (nSPS) is 19.8. The molecule has 28 heavy (non-hydrogen) atoms. The number of nitro groups is 1. The molecule has 0 unspecified atom stereocenters. The van der Waals surface area contributed by atoms with Crippen LogP contribution < -0.4 is 4.74 Å². The summed E-state index contributed by atoms with van der Waals surface area (Å²) < 4.78 is 11.4. The summed E-state index contributed by atoms with van der Waals surface area (Å²) in [5.41, 5.74) is -0.662. The first-order chi connectivity index (χ1) is 12.9. The number of rotatable bonds is 3. The molecule has 0 saturated heterocycles. The topological polar surface area (TPSA) is 102 Å². The van der Waals surface area contributed by atoms with Crippen LogP contribution >= 0.6 is 0 Å². The quantitative estimate of drug-likeness (QED) is 0.578. The van der Waals surface area contributed by atoms with E-state index < -0.39 is 22.7 Å². The first-order valence-corrected chi connectivity index (χ1v) is 9.03. The number of hydrogen-bond acceptors (Lipinski definition) is 6. The summed E-state index contributed by atoms with van der Waals surface area (Å²) in [5.74, 6) is -0.164. The Bertz CT molecular complexity index is 773. The highest BCUT2D eigenvalue weighted by atomic mass is 16.6. The maximum atomic E-state index is 12.6. The van der Waals surface area contributed by atoms with Crippen LogP contribution in [0.1, 0.15) is 38.1 Å². The van der Waals surface area contributed by atoms with E-state index in [9.17, 15) is 19.7 Å². The van der Waals surface area contributed by atoms with Crippen LogP contribution in [-0.4, -0.2) is 65.6 Å². The number of benzene rings is 1. The van der Waals surface area contributed by atoms with Gasteiger partial charge in [0.2, 0.25) is 0 Å². The molecule has 0 aliphatic carbocycles. The van der Waals surface area contributed by atoms with Gasteiger partial charge in [0.15, 0.2) is 0 Å². The number of hydrogen-bond donors (Lipinski definition) is 0. The summed E-state index contributed by atoms with van der Waals surface area (Å²) in [7, 11) is 3.26. The third-order valence-electron chi connectivity index (χ3n) is 4.38. The lowest BCUT2D eigenvalue weighted by atomic mass is 10.0. The number of amides is 2. The van der Waals surface area contributed by atoms with E-state index in [4.69, 9.17) is 9.47 Å². The summed E-state index contributed by atoms with van der Waals surface area (Å²) in [6, 6.07) is 3.95. The molecule has 1 aromatic rings. The van der Waals surface area contributed by atoms with Gasteiger partial charge in [-0.05, 0) is 26.8 Å². The summed E-state index contributed by atoms with van der Waals surface area (Å²) >= 11 is 0. The fourth-order valence-corrected chi connectivity index (χ4v) is 2.92. The van der Waals surface area contributed by atoms with Crippen LogP contribution in [0.3, 0.4) is 0 Å². The van der Waals surface area contributed by atoms with E-state index in [1.807, 2.05) is 6.92 Å². The number of fused-ring (bicyclic) bond motifs is 1. The maximum absolute atomic E-state index is 12.6. The molecule has 9 nitrogen and oxygen atoms in total. The first-order valence-electron chi connectivity index (χ1n) is 9.03. The van der Waals surface area contributed by atoms with Gasteiger partial charge in [0.1, 0.15) is 17.5 Å². The van der Waals surface area contributed by atoms with Gasteiger partial charge in [-0.2, -0.15) is 0 Å². The van der Waals surface area contributed by atoms with Gasteiger partial charge in [-0.1, -0.05) is 6.92 Å². The second-order valence-corrected chi connectivity index (χ2v) is 8.12. The van der Waals surface area contributed by atoms with Gasteiger partial charge >= 0.3 is 6.09 Å². The lowest BCUT2D eigenvalue weighted by molar-refractivity contribution is -0.384. The lowest BCUT2D eigenvalue weighted by Gasteiger charge is -2.35. The van der Waals surface area contributed by atoms with E-state index >= 15 is 0 Å². The molecule has 1 heterocycles. The Morgan fingerprint density at radius 2 is 2.07 bits per heavy atom. The molecule has 0 bridgehead atoms. The van der Waals surface area contributed by atoms with Crippen molar-refractivity contribution in [2.75, 3.05) is 27.2 Å². The van der Waals surface area contributed by atoms with Crippen LogP contribution in [0.4, 0.5) is 10.5 Å². The highest BCUT2D eigenvalue weighted by molar-refractivity contribution is 5.97. The zero-order chi connectivity index (χ0) is 21.2. The van der Waals surface area contributed by atoms with Crippen molar-refractivity contribution in [3.8, 4) is 5.75 Å². The van der Waals surface area contributed by atoms with E-state index in [2.05, 4.69) is 0 Å². The predicted molar refractivity (Wildman–Crippen MR) is 103 cm³/mol. The van der Waals surface area contributed by atoms with Crippen molar-refractivity contribution in [1.29, 1.82) is 0 Å². The minimum atomic E-state index is -0.614. The Morgan fingerprint density at radius 1 is 1.43 bits per heavy atom. The monoisotopic (exact) mass is 393 g/mol. The molecular formula is C19H27N3O6. The largest absolute Gasteiger partial charge is 0.487 e. The summed E-state index contributed by atoms with van der Waals surface area (Å²) in [6.45, 7) is 7.92. The molecule has 1 aliphatic rings. The zero-order valence-corrected chi connectivity index (χ0v) is 17.1. The molecule has 9 heteroatoms. The molecule has 0 N–H and O–H groups in total.